The molecule has 1 amide bonds. The SMILES string of the molecule is O=C(N/N=C/c1cc(Cl)c(O)c(Cl)c1)c1cc(-c2ccccc2)nc2ccccc12. The van der Waals surface area contributed by atoms with E-state index in [2.05, 4.69) is 15.5 Å². The molecule has 2 N–H and O–H groups in total. The predicted molar refractivity (Wildman–Crippen MR) is 120 cm³/mol. The first kappa shape index (κ1) is 19.9. The number of aromatic hydroxyl groups is 1. The number of hydrogen-bond acceptors (Lipinski definition) is 4. The van der Waals surface area contributed by atoms with Crippen molar-refractivity contribution in [2.45, 2.75) is 0 Å². The molecular formula is C23H15Cl2N3O2. The largest absolute Gasteiger partial charge is 0.505 e. The van der Waals surface area contributed by atoms with Gasteiger partial charge in [0.25, 0.3) is 5.91 Å². The molecule has 148 valence electrons. The van der Waals surface area contributed by atoms with Crippen LogP contribution < -0.4 is 5.43 Å². The van der Waals surface area contributed by atoms with Crippen molar-refractivity contribution < 1.29 is 9.90 Å². The molecule has 0 aliphatic rings. The van der Waals surface area contributed by atoms with Gasteiger partial charge in [0.2, 0.25) is 0 Å². The number of aromatic nitrogens is 1. The summed E-state index contributed by atoms with van der Waals surface area (Å²) >= 11 is 11.8. The molecule has 1 aromatic heterocycles. The van der Waals surface area contributed by atoms with Crippen LogP contribution in [-0.4, -0.2) is 22.2 Å². The summed E-state index contributed by atoms with van der Waals surface area (Å²) in [6.07, 6.45) is 1.40. The van der Waals surface area contributed by atoms with Gasteiger partial charge in [0.05, 0.1) is 33.0 Å². The standard InChI is InChI=1S/C23H15Cl2N3O2/c24-18-10-14(11-19(25)22(18)29)13-26-28-23(30)17-12-21(15-6-2-1-3-7-15)27-20-9-5-4-8-16(17)20/h1-13,29H,(H,28,30)/b26-13+. The summed E-state index contributed by atoms with van der Waals surface area (Å²) in [4.78, 5) is 17.5. The van der Waals surface area contributed by atoms with Crippen molar-refractivity contribution >= 4 is 46.2 Å². The second-order valence-electron chi connectivity index (χ2n) is 6.47. The number of hydrazone groups is 1. The Balaban J connectivity index is 1.66. The first-order chi connectivity index (χ1) is 14.5. The predicted octanol–water partition coefficient (Wildman–Crippen LogP) is 5.68. The minimum Gasteiger partial charge on any atom is -0.505 e. The van der Waals surface area contributed by atoms with Gasteiger partial charge < -0.3 is 5.11 Å². The van der Waals surface area contributed by atoms with Gasteiger partial charge in [0.1, 0.15) is 0 Å². The smallest absolute Gasteiger partial charge is 0.272 e. The second kappa shape index (κ2) is 8.53. The van der Waals surface area contributed by atoms with Gasteiger partial charge in [-0.3, -0.25) is 4.79 Å². The Morgan fingerprint density at radius 1 is 0.967 bits per heavy atom. The maximum atomic E-state index is 12.9. The number of para-hydroxylation sites is 1. The third-order valence-electron chi connectivity index (χ3n) is 4.45. The van der Waals surface area contributed by atoms with Crippen LogP contribution >= 0.6 is 23.2 Å². The molecule has 5 nitrogen and oxygen atoms in total. The van der Waals surface area contributed by atoms with E-state index >= 15 is 0 Å². The van der Waals surface area contributed by atoms with Crippen LogP contribution in [0.25, 0.3) is 22.2 Å². The molecule has 0 saturated carbocycles. The molecule has 0 radical (unpaired) electrons. The number of rotatable bonds is 4. The lowest BCUT2D eigenvalue weighted by Crippen LogP contribution is -2.18. The van der Waals surface area contributed by atoms with Gasteiger partial charge in [-0.05, 0) is 29.8 Å². The number of phenols is 1. The maximum absolute atomic E-state index is 12.9. The normalized spacial score (nSPS) is 11.1. The molecule has 30 heavy (non-hydrogen) atoms. The second-order valence-corrected chi connectivity index (χ2v) is 7.28. The average molecular weight is 436 g/mol. The van der Waals surface area contributed by atoms with E-state index in [1.807, 2.05) is 54.6 Å². The summed E-state index contributed by atoms with van der Waals surface area (Å²) in [6.45, 7) is 0. The number of nitrogens with zero attached hydrogens (tertiary/aromatic N) is 2. The number of phenolic OH excluding ortho intramolecular Hbond substituents is 1. The Morgan fingerprint density at radius 3 is 2.37 bits per heavy atom. The minimum absolute atomic E-state index is 0.0999. The van der Waals surface area contributed by atoms with E-state index in [9.17, 15) is 9.90 Å². The summed E-state index contributed by atoms with van der Waals surface area (Å²) in [7, 11) is 0. The quantitative estimate of drug-likeness (QED) is 0.319. The van der Waals surface area contributed by atoms with Crippen molar-refractivity contribution in [1.82, 2.24) is 10.4 Å². The zero-order valence-corrected chi connectivity index (χ0v) is 17.0. The van der Waals surface area contributed by atoms with Crippen LogP contribution in [0.1, 0.15) is 15.9 Å². The van der Waals surface area contributed by atoms with Crippen LogP contribution in [0.15, 0.2) is 77.9 Å². The average Bonchev–Trinajstić information content (AvgIpc) is 2.77. The van der Waals surface area contributed by atoms with Crippen molar-refractivity contribution in [2.75, 3.05) is 0 Å². The Kier molecular flexibility index (Phi) is 5.65. The molecule has 3 aromatic carbocycles. The van der Waals surface area contributed by atoms with Gasteiger partial charge in [-0.1, -0.05) is 71.7 Å². The number of pyridine rings is 1. The molecule has 7 heteroatoms. The highest BCUT2D eigenvalue weighted by Gasteiger charge is 2.13. The molecule has 1 heterocycles. The zero-order chi connectivity index (χ0) is 21.1. The molecule has 0 saturated heterocycles. The Morgan fingerprint density at radius 2 is 1.63 bits per heavy atom. The molecule has 0 atom stereocenters. The molecule has 0 unspecified atom stereocenters. The first-order valence-corrected chi connectivity index (χ1v) is 9.75. The fraction of sp³-hybridized carbons (Fsp3) is 0. The van der Waals surface area contributed by atoms with E-state index in [1.54, 1.807) is 6.07 Å². The number of halogens is 2. The summed E-state index contributed by atoms with van der Waals surface area (Å²) in [6, 6.07) is 21.8. The monoisotopic (exact) mass is 435 g/mol. The van der Waals surface area contributed by atoms with Crippen LogP contribution in [-0.2, 0) is 0 Å². The summed E-state index contributed by atoms with van der Waals surface area (Å²) < 4.78 is 0. The van der Waals surface area contributed by atoms with Crippen LogP contribution in [0.3, 0.4) is 0 Å². The molecular weight excluding hydrogens is 421 g/mol. The van der Waals surface area contributed by atoms with E-state index in [0.717, 1.165) is 10.9 Å². The Labute approximate surface area is 182 Å². The molecule has 4 rings (SSSR count). The van der Waals surface area contributed by atoms with Crippen LogP contribution in [0.2, 0.25) is 10.0 Å². The topological polar surface area (TPSA) is 74.6 Å². The lowest BCUT2D eigenvalue weighted by Gasteiger charge is -2.09. The van der Waals surface area contributed by atoms with Gasteiger partial charge in [0.15, 0.2) is 5.75 Å². The fourth-order valence-electron chi connectivity index (χ4n) is 3.01. The highest BCUT2D eigenvalue weighted by molar-refractivity contribution is 6.37. The third kappa shape index (κ3) is 4.13. The summed E-state index contributed by atoms with van der Waals surface area (Å²) in [5.41, 5.74) is 5.84. The van der Waals surface area contributed by atoms with Gasteiger partial charge >= 0.3 is 0 Å². The highest BCUT2D eigenvalue weighted by Crippen LogP contribution is 2.32. The molecule has 4 aromatic rings. The third-order valence-corrected chi connectivity index (χ3v) is 5.03. The number of carbonyl (C=O) groups is 1. The number of amides is 1. The van der Waals surface area contributed by atoms with Crippen molar-refractivity contribution in [3.63, 3.8) is 0 Å². The van der Waals surface area contributed by atoms with Gasteiger partial charge in [0, 0.05) is 10.9 Å². The van der Waals surface area contributed by atoms with Crippen molar-refractivity contribution in [1.29, 1.82) is 0 Å². The van der Waals surface area contributed by atoms with Crippen LogP contribution in [0.4, 0.5) is 0 Å². The Hall–Kier alpha value is -3.41. The van der Waals surface area contributed by atoms with Crippen LogP contribution in [0, 0.1) is 0 Å². The number of carbonyl (C=O) groups excluding carboxylic acids is 1. The fourth-order valence-corrected chi connectivity index (χ4v) is 3.51. The lowest BCUT2D eigenvalue weighted by atomic mass is 10.0. The van der Waals surface area contributed by atoms with E-state index < -0.39 is 0 Å². The zero-order valence-electron chi connectivity index (χ0n) is 15.5. The molecule has 0 bridgehead atoms. The molecule has 0 spiro atoms. The van der Waals surface area contributed by atoms with E-state index in [-0.39, 0.29) is 21.7 Å². The van der Waals surface area contributed by atoms with Crippen molar-refractivity contribution in [3.8, 4) is 17.0 Å². The number of fused-ring (bicyclic) bond motifs is 1. The Bertz CT molecular complexity index is 1250. The number of hydrogen-bond donors (Lipinski definition) is 2. The number of nitrogens with one attached hydrogen (secondary N) is 1. The minimum atomic E-state index is -0.377. The highest BCUT2D eigenvalue weighted by atomic mass is 35.5. The molecule has 0 aliphatic carbocycles. The summed E-state index contributed by atoms with van der Waals surface area (Å²) in [5.74, 6) is -0.575. The van der Waals surface area contributed by atoms with E-state index in [1.165, 1.54) is 18.3 Å². The van der Waals surface area contributed by atoms with Gasteiger partial charge in [-0.15, -0.1) is 0 Å². The molecule has 0 aliphatic heterocycles. The van der Waals surface area contributed by atoms with Crippen LogP contribution in [0.5, 0.6) is 5.75 Å². The molecule has 0 fully saturated rings. The van der Waals surface area contributed by atoms with Gasteiger partial charge in [-0.2, -0.15) is 5.10 Å². The lowest BCUT2D eigenvalue weighted by molar-refractivity contribution is 0.0956. The maximum Gasteiger partial charge on any atom is 0.272 e. The van der Waals surface area contributed by atoms with Crippen molar-refractivity contribution in [3.05, 3.63) is 94.0 Å². The first-order valence-electron chi connectivity index (χ1n) is 8.99. The van der Waals surface area contributed by atoms with E-state index in [0.29, 0.717) is 22.3 Å². The number of benzene rings is 3. The summed E-state index contributed by atoms with van der Waals surface area (Å²) in [5, 5.41) is 14.5. The van der Waals surface area contributed by atoms with Gasteiger partial charge in [-0.25, -0.2) is 10.4 Å². The van der Waals surface area contributed by atoms with Crippen molar-refractivity contribution in [2.24, 2.45) is 5.10 Å². The van der Waals surface area contributed by atoms with E-state index in [4.69, 9.17) is 23.2 Å².